The number of esters is 1. The molecule has 0 saturated heterocycles. The molecule has 9 heteroatoms. The van der Waals surface area contributed by atoms with Crippen LogP contribution in [0.2, 0.25) is 0 Å². The van der Waals surface area contributed by atoms with Gasteiger partial charge in [-0.15, -0.1) is 0 Å². The summed E-state index contributed by atoms with van der Waals surface area (Å²) in [5.74, 6) is -0.597. The number of carbonyl (C=O) groups is 2. The molecule has 2 aromatic heterocycles. The van der Waals surface area contributed by atoms with Crippen LogP contribution in [0.4, 0.5) is 5.13 Å². The molecule has 0 radical (unpaired) electrons. The molecule has 0 aliphatic carbocycles. The molecule has 0 spiro atoms. The Kier molecular flexibility index (Phi) is 6.87. The van der Waals surface area contributed by atoms with Gasteiger partial charge < -0.3 is 10.1 Å². The van der Waals surface area contributed by atoms with Gasteiger partial charge in [0.25, 0.3) is 0 Å². The molecule has 2 aromatic rings. The number of aryl methyl sites for hydroxylation is 2. The first kappa shape index (κ1) is 20.1. The minimum absolute atomic E-state index is 0.183. The van der Waals surface area contributed by atoms with Crippen LogP contribution in [0.1, 0.15) is 40.5 Å². The maximum atomic E-state index is 12.3. The van der Waals surface area contributed by atoms with Crippen molar-refractivity contribution in [2.75, 3.05) is 25.5 Å². The van der Waals surface area contributed by atoms with Gasteiger partial charge in [0.05, 0.1) is 25.0 Å². The van der Waals surface area contributed by atoms with Gasteiger partial charge in [0, 0.05) is 24.3 Å². The van der Waals surface area contributed by atoms with Gasteiger partial charge in [-0.1, -0.05) is 11.3 Å². The second kappa shape index (κ2) is 8.91. The first-order chi connectivity index (χ1) is 12.3. The maximum absolute atomic E-state index is 12.3. The van der Waals surface area contributed by atoms with E-state index in [2.05, 4.69) is 15.4 Å². The van der Waals surface area contributed by atoms with Crippen molar-refractivity contribution in [1.29, 1.82) is 0 Å². The van der Waals surface area contributed by atoms with Crippen LogP contribution in [0.25, 0.3) is 0 Å². The number of nitrogens with one attached hydrogen (secondary N) is 1. The number of rotatable bonds is 8. The highest BCUT2D eigenvalue weighted by Gasteiger charge is 2.18. The molecule has 0 fully saturated rings. The fraction of sp³-hybridized carbons (Fsp3) is 0.529. The van der Waals surface area contributed by atoms with Crippen molar-refractivity contribution < 1.29 is 14.3 Å². The zero-order chi connectivity index (χ0) is 19.3. The van der Waals surface area contributed by atoms with E-state index in [1.807, 2.05) is 36.7 Å². The molecule has 2 heterocycles. The summed E-state index contributed by atoms with van der Waals surface area (Å²) in [7, 11) is 1.87. The number of anilines is 1. The SMILES string of the molecule is CCOC(=O)c1sc(NC(=O)CN(C)Cc2cnn(CC)c2C)nc1C. The topological polar surface area (TPSA) is 89.4 Å². The van der Waals surface area contributed by atoms with Gasteiger partial charge in [-0.25, -0.2) is 9.78 Å². The molecule has 1 amide bonds. The largest absolute Gasteiger partial charge is 0.462 e. The van der Waals surface area contributed by atoms with Crippen LogP contribution in [-0.2, 0) is 22.6 Å². The summed E-state index contributed by atoms with van der Waals surface area (Å²) in [5, 5.41) is 7.46. The molecular weight excluding hydrogens is 354 g/mol. The molecule has 0 saturated carbocycles. The van der Waals surface area contributed by atoms with Crippen molar-refractivity contribution in [2.24, 2.45) is 0 Å². The number of thiazole rings is 1. The fourth-order valence-electron chi connectivity index (χ4n) is 2.55. The van der Waals surface area contributed by atoms with Crippen molar-refractivity contribution in [3.8, 4) is 0 Å². The predicted octanol–water partition coefficient (Wildman–Crippen LogP) is 2.22. The maximum Gasteiger partial charge on any atom is 0.350 e. The van der Waals surface area contributed by atoms with Gasteiger partial charge in [0.2, 0.25) is 5.91 Å². The van der Waals surface area contributed by atoms with Crippen molar-refractivity contribution in [2.45, 2.75) is 40.8 Å². The Morgan fingerprint density at radius 1 is 1.35 bits per heavy atom. The number of nitrogens with zero attached hydrogens (tertiary/aromatic N) is 4. The molecule has 0 unspecified atom stereocenters. The monoisotopic (exact) mass is 379 g/mol. The lowest BCUT2D eigenvalue weighted by Gasteiger charge is -2.15. The Morgan fingerprint density at radius 3 is 2.69 bits per heavy atom. The van der Waals surface area contributed by atoms with E-state index in [9.17, 15) is 9.59 Å². The summed E-state index contributed by atoms with van der Waals surface area (Å²) in [5.41, 5.74) is 2.76. The van der Waals surface area contributed by atoms with E-state index in [1.165, 1.54) is 0 Å². The highest BCUT2D eigenvalue weighted by Crippen LogP contribution is 2.23. The van der Waals surface area contributed by atoms with Gasteiger partial charge in [-0.3, -0.25) is 14.4 Å². The van der Waals surface area contributed by atoms with Crippen molar-refractivity contribution in [3.63, 3.8) is 0 Å². The first-order valence-corrected chi connectivity index (χ1v) is 9.31. The van der Waals surface area contributed by atoms with Crippen molar-refractivity contribution in [1.82, 2.24) is 19.7 Å². The summed E-state index contributed by atoms with van der Waals surface area (Å²) < 4.78 is 6.91. The fourth-order valence-corrected chi connectivity index (χ4v) is 3.42. The Morgan fingerprint density at radius 2 is 2.08 bits per heavy atom. The third-order valence-corrected chi connectivity index (χ3v) is 4.91. The number of carbonyl (C=O) groups excluding carboxylic acids is 2. The zero-order valence-electron chi connectivity index (χ0n) is 15.8. The number of aromatic nitrogens is 3. The molecule has 142 valence electrons. The van der Waals surface area contributed by atoms with Crippen molar-refractivity contribution >= 4 is 28.3 Å². The van der Waals surface area contributed by atoms with E-state index < -0.39 is 5.97 Å². The van der Waals surface area contributed by atoms with Crippen LogP contribution in [0.15, 0.2) is 6.20 Å². The van der Waals surface area contributed by atoms with E-state index in [0.29, 0.717) is 28.9 Å². The molecule has 1 N–H and O–H groups in total. The second-order valence-corrected chi connectivity index (χ2v) is 6.94. The summed E-state index contributed by atoms with van der Waals surface area (Å²) in [6.45, 7) is 9.50. The average Bonchev–Trinajstić information content (AvgIpc) is 3.10. The lowest BCUT2D eigenvalue weighted by atomic mass is 10.2. The van der Waals surface area contributed by atoms with Crippen LogP contribution < -0.4 is 5.32 Å². The van der Waals surface area contributed by atoms with Crippen LogP contribution in [-0.4, -0.2) is 51.7 Å². The van der Waals surface area contributed by atoms with Crippen LogP contribution in [0.5, 0.6) is 0 Å². The Hall–Kier alpha value is -2.26. The third kappa shape index (κ3) is 4.89. The molecule has 0 aromatic carbocycles. The summed E-state index contributed by atoms with van der Waals surface area (Å²) >= 11 is 1.13. The van der Waals surface area contributed by atoms with Crippen LogP contribution in [0.3, 0.4) is 0 Å². The smallest absolute Gasteiger partial charge is 0.350 e. The van der Waals surface area contributed by atoms with Gasteiger partial charge in [-0.05, 0) is 34.7 Å². The van der Waals surface area contributed by atoms with Gasteiger partial charge in [0.1, 0.15) is 4.88 Å². The Bertz CT molecular complexity index is 783. The molecule has 0 atom stereocenters. The molecular formula is C17H25N5O3S. The van der Waals surface area contributed by atoms with Crippen LogP contribution >= 0.6 is 11.3 Å². The standard InChI is InChI=1S/C17H25N5O3S/c1-6-22-12(4)13(8-18-22)9-21(5)10-14(23)20-17-19-11(3)15(26-17)16(24)25-7-2/h8H,6-7,9-10H2,1-5H3,(H,19,20,23). The summed E-state index contributed by atoms with van der Waals surface area (Å²) in [6, 6.07) is 0. The highest BCUT2D eigenvalue weighted by atomic mass is 32.1. The van der Waals surface area contributed by atoms with E-state index in [0.717, 1.165) is 29.1 Å². The first-order valence-electron chi connectivity index (χ1n) is 8.49. The molecule has 0 bridgehead atoms. The van der Waals surface area contributed by atoms with Gasteiger partial charge >= 0.3 is 5.97 Å². The molecule has 8 nitrogen and oxygen atoms in total. The average molecular weight is 379 g/mol. The molecule has 0 aliphatic heterocycles. The van der Waals surface area contributed by atoms with E-state index >= 15 is 0 Å². The number of amides is 1. The Balaban J connectivity index is 1.92. The number of likely N-dealkylation sites (N-methyl/N-ethyl adjacent to an activating group) is 1. The third-order valence-electron chi connectivity index (χ3n) is 3.86. The zero-order valence-corrected chi connectivity index (χ0v) is 16.6. The number of hydrogen-bond donors (Lipinski definition) is 1. The van der Waals surface area contributed by atoms with E-state index in [1.54, 1.807) is 13.8 Å². The highest BCUT2D eigenvalue weighted by molar-refractivity contribution is 7.17. The molecule has 26 heavy (non-hydrogen) atoms. The summed E-state index contributed by atoms with van der Waals surface area (Å²) in [4.78, 5) is 30.6. The quantitative estimate of drug-likeness (QED) is 0.708. The van der Waals surface area contributed by atoms with Gasteiger partial charge in [0.15, 0.2) is 5.13 Å². The Labute approximate surface area is 157 Å². The van der Waals surface area contributed by atoms with E-state index in [4.69, 9.17) is 4.74 Å². The lowest BCUT2D eigenvalue weighted by molar-refractivity contribution is -0.117. The van der Waals surface area contributed by atoms with Crippen LogP contribution in [0, 0.1) is 13.8 Å². The van der Waals surface area contributed by atoms with Crippen molar-refractivity contribution in [3.05, 3.63) is 28.0 Å². The lowest BCUT2D eigenvalue weighted by Crippen LogP contribution is -2.30. The minimum Gasteiger partial charge on any atom is -0.462 e. The number of hydrogen-bond acceptors (Lipinski definition) is 7. The minimum atomic E-state index is -0.413. The van der Waals surface area contributed by atoms with Gasteiger partial charge in [-0.2, -0.15) is 5.10 Å². The summed E-state index contributed by atoms with van der Waals surface area (Å²) in [6.07, 6.45) is 1.84. The van der Waals surface area contributed by atoms with E-state index in [-0.39, 0.29) is 12.5 Å². The predicted molar refractivity (Wildman–Crippen MR) is 100 cm³/mol. The molecule has 2 rings (SSSR count). The molecule has 0 aliphatic rings. The second-order valence-electron chi connectivity index (χ2n) is 5.95. The normalized spacial score (nSPS) is 11.0. The number of ether oxygens (including phenoxy) is 1.